The van der Waals surface area contributed by atoms with E-state index < -0.39 is 5.97 Å². The van der Waals surface area contributed by atoms with Crippen LogP contribution in [0.4, 0.5) is 5.00 Å². The predicted octanol–water partition coefficient (Wildman–Crippen LogP) is 1.82. The van der Waals surface area contributed by atoms with Crippen molar-refractivity contribution in [2.24, 2.45) is 0 Å². The number of hydrogen-bond donors (Lipinski definition) is 2. The van der Waals surface area contributed by atoms with Gasteiger partial charge in [0.2, 0.25) is 0 Å². The summed E-state index contributed by atoms with van der Waals surface area (Å²) in [7, 11) is 0. The van der Waals surface area contributed by atoms with Crippen molar-refractivity contribution in [3.63, 3.8) is 0 Å². The van der Waals surface area contributed by atoms with Gasteiger partial charge in [0, 0.05) is 4.88 Å². The van der Waals surface area contributed by atoms with Crippen molar-refractivity contribution in [3.8, 4) is 0 Å². The molecule has 7 heteroatoms. The summed E-state index contributed by atoms with van der Waals surface area (Å²) in [5.41, 5.74) is 6.34. The number of nitrogens with two attached hydrogens (primary N) is 1. The molecule has 1 aliphatic rings. The lowest BCUT2D eigenvalue weighted by Gasteiger charge is -2.11. The fourth-order valence-corrected chi connectivity index (χ4v) is 3.15. The van der Waals surface area contributed by atoms with Crippen LogP contribution in [0.5, 0.6) is 0 Å². The smallest absolute Gasteiger partial charge is 0.338 e. The van der Waals surface area contributed by atoms with Crippen LogP contribution in [0.15, 0.2) is 30.3 Å². The van der Waals surface area contributed by atoms with E-state index in [0.29, 0.717) is 16.0 Å². The number of aromatic carboxylic acids is 1. The molecule has 0 aliphatic carbocycles. The third kappa shape index (κ3) is 2.07. The van der Waals surface area contributed by atoms with E-state index in [1.165, 1.54) is 6.07 Å². The van der Waals surface area contributed by atoms with Crippen LogP contribution in [0.25, 0.3) is 0 Å². The first-order valence-corrected chi connectivity index (χ1v) is 6.87. The highest BCUT2D eigenvalue weighted by atomic mass is 32.1. The number of carboxylic acid groups (broad SMARTS) is 1. The number of carbonyl (C=O) groups is 3. The predicted molar refractivity (Wildman–Crippen MR) is 76.3 cm³/mol. The number of amides is 2. The van der Waals surface area contributed by atoms with E-state index in [9.17, 15) is 14.4 Å². The van der Waals surface area contributed by atoms with Gasteiger partial charge < -0.3 is 10.8 Å². The fraction of sp³-hybridized carbons (Fsp3) is 0.0714. The van der Waals surface area contributed by atoms with Crippen LogP contribution in [-0.2, 0) is 6.54 Å². The number of anilines is 1. The number of thiophene rings is 1. The molecule has 0 radical (unpaired) electrons. The normalized spacial score (nSPS) is 13.6. The SMILES string of the molecule is Nc1sc(CN2C(=O)c3ccccc3C2=O)cc1C(=O)O. The molecule has 3 rings (SSSR count). The van der Waals surface area contributed by atoms with Crippen LogP contribution in [0.2, 0.25) is 0 Å². The third-order valence-corrected chi connectivity index (χ3v) is 4.18. The van der Waals surface area contributed by atoms with Crippen molar-refractivity contribution in [2.75, 3.05) is 5.73 Å². The zero-order chi connectivity index (χ0) is 15.1. The third-order valence-electron chi connectivity index (χ3n) is 3.23. The van der Waals surface area contributed by atoms with E-state index in [1.807, 2.05) is 0 Å². The van der Waals surface area contributed by atoms with E-state index in [2.05, 4.69) is 0 Å². The van der Waals surface area contributed by atoms with Crippen LogP contribution in [0.1, 0.15) is 36.0 Å². The quantitative estimate of drug-likeness (QED) is 0.842. The molecule has 0 unspecified atom stereocenters. The van der Waals surface area contributed by atoms with Gasteiger partial charge in [0.25, 0.3) is 11.8 Å². The Bertz CT molecular complexity index is 746. The minimum absolute atomic E-state index is 0.00777. The Labute approximate surface area is 123 Å². The molecule has 0 saturated heterocycles. The molecule has 3 N–H and O–H groups in total. The van der Waals surface area contributed by atoms with Crippen molar-refractivity contribution in [1.82, 2.24) is 4.90 Å². The summed E-state index contributed by atoms with van der Waals surface area (Å²) in [5, 5.41) is 9.13. The van der Waals surface area contributed by atoms with Gasteiger partial charge >= 0.3 is 5.97 Å². The fourth-order valence-electron chi connectivity index (χ4n) is 2.24. The second-order valence-corrected chi connectivity index (χ2v) is 5.71. The van der Waals surface area contributed by atoms with Gasteiger partial charge in [-0.15, -0.1) is 11.3 Å². The first kappa shape index (κ1) is 13.3. The highest BCUT2D eigenvalue weighted by Crippen LogP contribution is 2.29. The van der Waals surface area contributed by atoms with Crippen molar-refractivity contribution < 1.29 is 19.5 Å². The molecular weight excluding hydrogens is 292 g/mol. The molecule has 1 aliphatic heterocycles. The Balaban J connectivity index is 1.90. The summed E-state index contributed by atoms with van der Waals surface area (Å²) in [6, 6.07) is 7.98. The maximum absolute atomic E-state index is 12.2. The lowest BCUT2D eigenvalue weighted by molar-refractivity contribution is 0.0642. The number of hydrogen-bond acceptors (Lipinski definition) is 5. The molecule has 0 spiro atoms. The van der Waals surface area contributed by atoms with Crippen molar-refractivity contribution in [1.29, 1.82) is 0 Å². The Morgan fingerprint density at radius 2 is 1.76 bits per heavy atom. The van der Waals surface area contributed by atoms with Crippen LogP contribution < -0.4 is 5.73 Å². The van der Waals surface area contributed by atoms with Gasteiger partial charge in [0.1, 0.15) is 5.00 Å². The molecule has 2 amide bonds. The summed E-state index contributed by atoms with van der Waals surface area (Å²) in [6.07, 6.45) is 0. The Hall–Kier alpha value is -2.67. The summed E-state index contributed by atoms with van der Waals surface area (Å²) < 4.78 is 0. The maximum atomic E-state index is 12.2. The average molecular weight is 302 g/mol. The van der Waals surface area contributed by atoms with Crippen LogP contribution in [0.3, 0.4) is 0 Å². The van der Waals surface area contributed by atoms with E-state index >= 15 is 0 Å². The van der Waals surface area contributed by atoms with E-state index in [0.717, 1.165) is 16.2 Å². The zero-order valence-electron chi connectivity index (χ0n) is 10.7. The lowest BCUT2D eigenvalue weighted by atomic mass is 10.1. The first-order chi connectivity index (χ1) is 9.99. The first-order valence-electron chi connectivity index (χ1n) is 6.05. The number of benzene rings is 1. The Kier molecular flexibility index (Phi) is 2.99. The highest BCUT2D eigenvalue weighted by Gasteiger charge is 2.35. The molecule has 1 aromatic heterocycles. The van der Waals surface area contributed by atoms with Gasteiger partial charge in [0.15, 0.2) is 0 Å². The minimum atomic E-state index is -1.13. The van der Waals surface area contributed by atoms with Crippen molar-refractivity contribution in [3.05, 3.63) is 51.9 Å². The number of rotatable bonds is 3. The summed E-state index contributed by atoms with van der Waals surface area (Å²) in [4.78, 5) is 37.0. The zero-order valence-corrected chi connectivity index (χ0v) is 11.5. The van der Waals surface area contributed by atoms with Gasteiger partial charge in [-0.05, 0) is 18.2 Å². The van der Waals surface area contributed by atoms with Crippen LogP contribution >= 0.6 is 11.3 Å². The number of nitrogens with zero attached hydrogens (tertiary/aromatic N) is 1. The number of fused-ring (bicyclic) bond motifs is 1. The van der Waals surface area contributed by atoms with Gasteiger partial charge in [-0.2, -0.15) is 0 Å². The molecule has 2 aromatic rings. The summed E-state index contributed by atoms with van der Waals surface area (Å²) in [5.74, 6) is -1.88. The Morgan fingerprint density at radius 3 is 2.24 bits per heavy atom. The molecule has 0 atom stereocenters. The molecule has 0 bridgehead atoms. The van der Waals surface area contributed by atoms with Crippen molar-refractivity contribution in [2.45, 2.75) is 6.54 Å². The number of nitrogen functional groups attached to an aromatic ring is 1. The maximum Gasteiger partial charge on any atom is 0.338 e. The number of carbonyl (C=O) groups excluding carboxylic acids is 2. The molecule has 106 valence electrons. The molecule has 1 aromatic carbocycles. The Morgan fingerprint density at radius 1 is 1.19 bits per heavy atom. The van der Waals surface area contributed by atoms with E-state index in [1.54, 1.807) is 24.3 Å². The van der Waals surface area contributed by atoms with Crippen LogP contribution in [-0.4, -0.2) is 27.8 Å². The summed E-state index contributed by atoms with van der Waals surface area (Å²) >= 11 is 1.06. The number of carboxylic acids is 1. The average Bonchev–Trinajstić information content (AvgIpc) is 2.94. The topological polar surface area (TPSA) is 101 Å². The van der Waals surface area contributed by atoms with Gasteiger partial charge in [-0.25, -0.2) is 4.79 Å². The molecule has 0 saturated carbocycles. The largest absolute Gasteiger partial charge is 0.478 e. The second kappa shape index (κ2) is 4.71. The van der Waals surface area contributed by atoms with Gasteiger partial charge in [-0.3, -0.25) is 14.5 Å². The standard InChI is InChI=1S/C14H10N2O4S/c15-11-10(14(19)20)5-7(21-11)6-16-12(17)8-3-1-2-4-9(8)13(16)18/h1-5H,6,15H2,(H,19,20). The molecule has 6 nitrogen and oxygen atoms in total. The highest BCUT2D eigenvalue weighted by molar-refractivity contribution is 7.16. The van der Waals surface area contributed by atoms with Gasteiger partial charge in [-0.1, -0.05) is 12.1 Å². The second-order valence-electron chi connectivity index (χ2n) is 4.54. The monoisotopic (exact) mass is 302 g/mol. The number of imide groups is 1. The van der Waals surface area contributed by atoms with Gasteiger partial charge in [0.05, 0.1) is 23.2 Å². The molecular formula is C14H10N2O4S. The minimum Gasteiger partial charge on any atom is -0.478 e. The van der Waals surface area contributed by atoms with E-state index in [4.69, 9.17) is 10.8 Å². The molecule has 2 heterocycles. The van der Waals surface area contributed by atoms with E-state index in [-0.39, 0.29) is 28.9 Å². The molecule has 21 heavy (non-hydrogen) atoms. The van der Waals surface area contributed by atoms with Crippen LogP contribution in [0, 0.1) is 0 Å². The van der Waals surface area contributed by atoms with Crippen molar-refractivity contribution >= 4 is 34.1 Å². The lowest BCUT2D eigenvalue weighted by Crippen LogP contribution is -2.28. The summed E-state index contributed by atoms with van der Waals surface area (Å²) in [6.45, 7) is 0.0223. The molecule has 0 fully saturated rings.